The standard InChI is InChI=1S/C18H13ClFNO3/c19-11-3-1-2-10(6-11)17(22)8-14(18(23)24)15-9-21-16-5-4-12(20)7-13(15)16/h1-7,9,14,21H,8H2,(H,23,24). The number of hydrogen-bond donors (Lipinski definition) is 2. The summed E-state index contributed by atoms with van der Waals surface area (Å²) in [7, 11) is 0. The second-order valence-corrected chi connectivity index (χ2v) is 5.90. The Bertz CT molecular complexity index is 935. The summed E-state index contributed by atoms with van der Waals surface area (Å²) in [4.78, 5) is 27.0. The molecule has 0 bridgehead atoms. The first kappa shape index (κ1) is 16.2. The Morgan fingerprint density at radius 3 is 2.71 bits per heavy atom. The highest BCUT2D eigenvalue weighted by Gasteiger charge is 2.26. The lowest BCUT2D eigenvalue weighted by Gasteiger charge is -2.11. The summed E-state index contributed by atoms with van der Waals surface area (Å²) in [5.74, 6) is -3.02. The number of carboxylic acid groups (broad SMARTS) is 1. The van der Waals surface area contributed by atoms with Crippen LogP contribution in [0.15, 0.2) is 48.7 Å². The van der Waals surface area contributed by atoms with Crippen LogP contribution in [0.25, 0.3) is 10.9 Å². The quantitative estimate of drug-likeness (QED) is 0.673. The molecule has 0 saturated carbocycles. The van der Waals surface area contributed by atoms with Gasteiger partial charge in [-0.1, -0.05) is 23.7 Å². The molecule has 0 fully saturated rings. The van der Waals surface area contributed by atoms with Crippen LogP contribution in [0.2, 0.25) is 5.02 Å². The first-order chi connectivity index (χ1) is 11.5. The molecule has 3 aromatic rings. The van der Waals surface area contributed by atoms with E-state index in [2.05, 4.69) is 4.98 Å². The van der Waals surface area contributed by atoms with Crippen molar-refractivity contribution >= 4 is 34.3 Å². The van der Waals surface area contributed by atoms with E-state index in [1.165, 1.54) is 30.5 Å². The zero-order valence-corrected chi connectivity index (χ0v) is 13.2. The molecular formula is C18H13ClFNO3. The minimum atomic E-state index is -1.14. The average Bonchev–Trinajstić information content (AvgIpc) is 2.94. The van der Waals surface area contributed by atoms with Crippen LogP contribution < -0.4 is 0 Å². The first-order valence-corrected chi connectivity index (χ1v) is 7.61. The number of aromatic amines is 1. The largest absolute Gasteiger partial charge is 0.481 e. The summed E-state index contributed by atoms with van der Waals surface area (Å²) in [5, 5.41) is 10.4. The summed E-state index contributed by atoms with van der Waals surface area (Å²) in [5.41, 5.74) is 1.35. The fraction of sp³-hybridized carbons (Fsp3) is 0.111. The maximum atomic E-state index is 13.5. The van der Waals surface area contributed by atoms with Gasteiger partial charge in [0, 0.05) is 34.1 Å². The Hall–Kier alpha value is -2.66. The smallest absolute Gasteiger partial charge is 0.311 e. The van der Waals surface area contributed by atoms with Crippen LogP contribution in [-0.4, -0.2) is 21.8 Å². The maximum Gasteiger partial charge on any atom is 0.311 e. The fourth-order valence-corrected chi connectivity index (χ4v) is 2.89. The number of benzene rings is 2. The Balaban J connectivity index is 1.96. The van der Waals surface area contributed by atoms with Crippen LogP contribution >= 0.6 is 11.6 Å². The topological polar surface area (TPSA) is 70.2 Å². The molecule has 1 heterocycles. The summed E-state index contributed by atoms with van der Waals surface area (Å²) in [6.45, 7) is 0. The molecule has 0 aliphatic heterocycles. The Kier molecular flexibility index (Phi) is 4.36. The molecule has 6 heteroatoms. The number of aliphatic carboxylic acids is 1. The monoisotopic (exact) mass is 345 g/mol. The van der Waals surface area contributed by atoms with E-state index >= 15 is 0 Å². The molecule has 4 nitrogen and oxygen atoms in total. The number of ketones is 1. The number of carbonyl (C=O) groups is 2. The number of Topliss-reactive ketones (excluding diaryl/α,β-unsaturated/α-hetero) is 1. The van der Waals surface area contributed by atoms with Gasteiger partial charge in [-0.3, -0.25) is 9.59 Å². The number of rotatable bonds is 5. The number of halogens is 2. The number of H-pyrrole nitrogens is 1. The molecule has 24 heavy (non-hydrogen) atoms. The SMILES string of the molecule is O=C(CC(C(=O)O)c1c[nH]c2ccc(F)cc12)c1cccc(Cl)c1. The van der Waals surface area contributed by atoms with E-state index in [1.54, 1.807) is 18.2 Å². The molecule has 0 spiro atoms. The lowest BCUT2D eigenvalue weighted by molar-refractivity contribution is -0.138. The van der Waals surface area contributed by atoms with Gasteiger partial charge >= 0.3 is 5.97 Å². The van der Waals surface area contributed by atoms with Crippen molar-refractivity contribution in [3.63, 3.8) is 0 Å². The summed E-state index contributed by atoms with van der Waals surface area (Å²) < 4.78 is 13.5. The number of nitrogens with one attached hydrogen (secondary N) is 1. The molecule has 0 aliphatic carbocycles. The van der Waals surface area contributed by atoms with E-state index in [0.717, 1.165) is 0 Å². The van der Waals surface area contributed by atoms with Crippen LogP contribution in [0.3, 0.4) is 0 Å². The van der Waals surface area contributed by atoms with Crippen LogP contribution in [0.5, 0.6) is 0 Å². The van der Waals surface area contributed by atoms with Crippen molar-refractivity contribution in [3.8, 4) is 0 Å². The van der Waals surface area contributed by atoms with Crippen LogP contribution in [0.4, 0.5) is 4.39 Å². The third kappa shape index (κ3) is 3.16. The van der Waals surface area contributed by atoms with Gasteiger partial charge in [-0.15, -0.1) is 0 Å². The zero-order chi connectivity index (χ0) is 17.3. The Morgan fingerprint density at radius 2 is 2.00 bits per heavy atom. The van der Waals surface area contributed by atoms with Crippen LogP contribution in [-0.2, 0) is 4.79 Å². The number of fused-ring (bicyclic) bond motifs is 1. The average molecular weight is 346 g/mol. The van der Waals surface area contributed by atoms with Crippen molar-refractivity contribution in [2.75, 3.05) is 0 Å². The molecule has 122 valence electrons. The lowest BCUT2D eigenvalue weighted by atomic mass is 9.91. The van der Waals surface area contributed by atoms with E-state index in [0.29, 0.717) is 27.1 Å². The molecule has 0 amide bonds. The fourth-order valence-electron chi connectivity index (χ4n) is 2.70. The normalized spacial score (nSPS) is 12.2. The molecule has 3 rings (SSSR count). The first-order valence-electron chi connectivity index (χ1n) is 7.24. The molecular weight excluding hydrogens is 333 g/mol. The highest BCUT2D eigenvalue weighted by atomic mass is 35.5. The molecule has 1 atom stereocenters. The van der Waals surface area contributed by atoms with Gasteiger partial charge in [0.25, 0.3) is 0 Å². The number of aromatic nitrogens is 1. The lowest BCUT2D eigenvalue weighted by Crippen LogP contribution is -2.16. The van der Waals surface area contributed by atoms with Gasteiger partial charge in [-0.2, -0.15) is 0 Å². The van der Waals surface area contributed by atoms with E-state index in [4.69, 9.17) is 11.6 Å². The van der Waals surface area contributed by atoms with E-state index < -0.39 is 17.7 Å². The van der Waals surface area contributed by atoms with Gasteiger partial charge in [0.1, 0.15) is 5.82 Å². The number of hydrogen-bond acceptors (Lipinski definition) is 2. The van der Waals surface area contributed by atoms with Gasteiger partial charge in [0.05, 0.1) is 5.92 Å². The van der Waals surface area contributed by atoms with Gasteiger partial charge in [0.15, 0.2) is 5.78 Å². The van der Waals surface area contributed by atoms with Crippen molar-refractivity contribution in [2.24, 2.45) is 0 Å². The van der Waals surface area contributed by atoms with Crippen molar-refractivity contribution < 1.29 is 19.1 Å². The molecule has 2 N–H and O–H groups in total. The van der Waals surface area contributed by atoms with E-state index in [9.17, 15) is 19.1 Å². The van der Waals surface area contributed by atoms with Crippen molar-refractivity contribution in [3.05, 3.63) is 70.6 Å². The van der Waals surface area contributed by atoms with E-state index in [1.807, 2.05) is 0 Å². The van der Waals surface area contributed by atoms with E-state index in [-0.39, 0.29) is 12.2 Å². The third-order valence-corrected chi connectivity index (χ3v) is 4.12. The minimum absolute atomic E-state index is 0.237. The molecule has 0 saturated heterocycles. The van der Waals surface area contributed by atoms with Crippen LogP contribution in [0, 0.1) is 5.82 Å². The molecule has 0 radical (unpaired) electrons. The van der Waals surface area contributed by atoms with Gasteiger partial charge in [-0.25, -0.2) is 4.39 Å². The second kappa shape index (κ2) is 6.45. The number of carboxylic acids is 1. The van der Waals surface area contributed by atoms with Gasteiger partial charge in [-0.05, 0) is 35.9 Å². The third-order valence-electron chi connectivity index (χ3n) is 3.89. The summed E-state index contributed by atoms with van der Waals surface area (Å²) in [6, 6.07) is 10.4. The van der Waals surface area contributed by atoms with Crippen molar-refractivity contribution in [1.29, 1.82) is 0 Å². The van der Waals surface area contributed by atoms with Gasteiger partial charge < -0.3 is 10.1 Å². The zero-order valence-electron chi connectivity index (χ0n) is 12.4. The van der Waals surface area contributed by atoms with Crippen molar-refractivity contribution in [2.45, 2.75) is 12.3 Å². The maximum absolute atomic E-state index is 13.5. The molecule has 1 unspecified atom stereocenters. The van der Waals surface area contributed by atoms with Crippen LogP contribution in [0.1, 0.15) is 28.3 Å². The van der Waals surface area contributed by atoms with Gasteiger partial charge in [0.2, 0.25) is 0 Å². The second-order valence-electron chi connectivity index (χ2n) is 5.46. The summed E-state index contributed by atoms with van der Waals surface area (Å²) >= 11 is 5.87. The highest BCUT2D eigenvalue weighted by molar-refractivity contribution is 6.31. The molecule has 0 aliphatic rings. The summed E-state index contributed by atoms with van der Waals surface area (Å²) in [6.07, 6.45) is 1.27. The van der Waals surface area contributed by atoms with Crippen molar-refractivity contribution in [1.82, 2.24) is 4.98 Å². The molecule has 1 aromatic heterocycles. The Morgan fingerprint density at radius 1 is 1.21 bits per heavy atom. The Labute approximate surface area is 141 Å². The molecule has 2 aromatic carbocycles. The minimum Gasteiger partial charge on any atom is -0.481 e. The number of carbonyl (C=O) groups excluding carboxylic acids is 1. The predicted octanol–water partition coefficient (Wildman–Crippen LogP) is 4.40. The highest BCUT2D eigenvalue weighted by Crippen LogP contribution is 2.30. The predicted molar refractivity (Wildman–Crippen MR) is 89.0 cm³/mol.